The van der Waals surface area contributed by atoms with Crippen molar-refractivity contribution in [2.24, 2.45) is 0 Å². The Morgan fingerprint density at radius 1 is 1.41 bits per heavy atom. The van der Waals surface area contributed by atoms with Gasteiger partial charge in [0.15, 0.2) is 0 Å². The molecule has 0 radical (unpaired) electrons. The van der Waals surface area contributed by atoms with Crippen LogP contribution in [-0.2, 0) is 0 Å². The van der Waals surface area contributed by atoms with Crippen LogP contribution in [0.25, 0.3) is 10.2 Å². The molecule has 2 aromatic rings. The fourth-order valence-electron chi connectivity index (χ4n) is 2.71. The Balaban J connectivity index is 1.44. The molecule has 6 heteroatoms. The number of aliphatic hydroxyl groups excluding tert-OH is 1. The third-order valence-corrected chi connectivity index (χ3v) is 4.82. The van der Waals surface area contributed by atoms with Crippen LogP contribution in [0.3, 0.4) is 0 Å². The first-order valence-electron chi connectivity index (χ1n) is 7.82. The van der Waals surface area contributed by atoms with E-state index in [1.807, 2.05) is 25.1 Å². The summed E-state index contributed by atoms with van der Waals surface area (Å²) in [6.45, 7) is 7.32. The van der Waals surface area contributed by atoms with Gasteiger partial charge in [0, 0.05) is 45.2 Å². The second kappa shape index (κ2) is 7.37. The number of benzene rings is 1. The molecule has 2 heterocycles. The summed E-state index contributed by atoms with van der Waals surface area (Å²) in [5.41, 5.74) is 0.987. The molecule has 1 saturated heterocycles. The van der Waals surface area contributed by atoms with Crippen molar-refractivity contribution in [3.8, 4) is 5.75 Å². The number of hydrogen-bond acceptors (Lipinski definition) is 6. The predicted molar refractivity (Wildman–Crippen MR) is 89.8 cm³/mol. The molecule has 1 fully saturated rings. The molecule has 1 unspecified atom stereocenters. The van der Waals surface area contributed by atoms with Crippen LogP contribution in [0.1, 0.15) is 11.4 Å². The summed E-state index contributed by atoms with van der Waals surface area (Å²) in [5.74, 6) is 0.826. The Kier molecular flexibility index (Phi) is 5.25. The zero-order valence-corrected chi connectivity index (χ0v) is 13.7. The fraction of sp³-hybridized carbons (Fsp3) is 0.562. The standard InChI is InChI=1S/C16H23N3O2S/c1-12-18-15-10-14(2-3-16(15)22-12)21-9-4-13(20)11-19-7-5-17-6-8-19/h2-3,10,13,17,20H,4-9,11H2,1H3. The SMILES string of the molecule is Cc1nc2cc(OCCC(O)CN3CCNCC3)ccc2s1. The molecular weight excluding hydrogens is 298 g/mol. The molecule has 0 spiro atoms. The topological polar surface area (TPSA) is 57.6 Å². The van der Waals surface area contributed by atoms with Crippen LogP contribution >= 0.6 is 11.3 Å². The lowest BCUT2D eigenvalue weighted by molar-refractivity contribution is 0.0857. The number of hydrogen-bond donors (Lipinski definition) is 2. The van der Waals surface area contributed by atoms with E-state index in [0.29, 0.717) is 13.0 Å². The monoisotopic (exact) mass is 321 g/mol. The zero-order chi connectivity index (χ0) is 15.4. The lowest BCUT2D eigenvalue weighted by Crippen LogP contribution is -2.46. The van der Waals surface area contributed by atoms with Gasteiger partial charge in [-0.15, -0.1) is 11.3 Å². The van der Waals surface area contributed by atoms with Crippen molar-refractivity contribution in [3.05, 3.63) is 23.2 Å². The van der Waals surface area contributed by atoms with Crippen LogP contribution < -0.4 is 10.1 Å². The first-order valence-corrected chi connectivity index (χ1v) is 8.63. The van der Waals surface area contributed by atoms with Gasteiger partial charge >= 0.3 is 0 Å². The third-order valence-electron chi connectivity index (χ3n) is 3.86. The van der Waals surface area contributed by atoms with Gasteiger partial charge < -0.3 is 15.2 Å². The second-order valence-electron chi connectivity index (χ2n) is 5.70. The molecule has 1 atom stereocenters. The molecule has 1 aliphatic rings. The van der Waals surface area contributed by atoms with Gasteiger partial charge in [-0.25, -0.2) is 4.98 Å². The Morgan fingerprint density at radius 3 is 3.05 bits per heavy atom. The number of aryl methyl sites for hydroxylation is 1. The van der Waals surface area contributed by atoms with Gasteiger partial charge in [-0.3, -0.25) is 4.90 Å². The molecule has 2 N–H and O–H groups in total. The van der Waals surface area contributed by atoms with Crippen molar-refractivity contribution in [1.82, 2.24) is 15.2 Å². The highest BCUT2D eigenvalue weighted by molar-refractivity contribution is 7.18. The van der Waals surface area contributed by atoms with Gasteiger partial charge in [-0.05, 0) is 19.1 Å². The van der Waals surface area contributed by atoms with Crippen molar-refractivity contribution in [2.75, 3.05) is 39.3 Å². The Labute approximate surface area is 134 Å². The highest BCUT2D eigenvalue weighted by Gasteiger charge is 2.14. The molecule has 1 aliphatic heterocycles. The highest BCUT2D eigenvalue weighted by atomic mass is 32.1. The number of nitrogens with one attached hydrogen (secondary N) is 1. The van der Waals surface area contributed by atoms with Gasteiger partial charge in [-0.1, -0.05) is 0 Å². The number of piperazine rings is 1. The maximum atomic E-state index is 10.1. The maximum Gasteiger partial charge on any atom is 0.121 e. The predicted octanol–water partition coefficient (Wildman–Crippen LogP) is 1.64. The summed E-state index contributed by atoms with van der Waals surface area (Å²) in [6, 6.07) is 6.00. The zero-order valence-electron chi connectivity index (χ0n) is 12.9. The number of aromatic nitrogens is 1. The van der Waals surface area contributed by atoms with Crippen LogP contribution in [0, 0.1) is 6.92 Å². The Bertz CT molecular complexity index is 610. The van der Waals surface area contributed by atoms with Crippen LogP contribution in [0.5, 0.6) is 5.75 Å². The van der Waals surface area contributed by atoms with Crippen LogP contribution in [0.2, 0.25) is 0 Å². The molecule has 0 saturated carbocycles. The lowest BCUT2D eigenvalue weighted by atomic mass is 10.2. The molecule has 120 valence electrons. The van der Waals surface area contributed by atoms with E-state index >= 15 is 0 Å². The summed E-state index contributed by atoms with van der Waals surface area (Å²) in [4.78, 5) is 6.77. The maximum absolute atomic E-state index is 10.1. The summed E-state index contributed by atoms with van der Waals surface area (Å²) in [6.07, 6.45) is 0.321. The van der Waals surface area contributed by atoms with Crippen molar-refractivity contribution in [1.29, 1.82) is 0 Å². The molecule has 1 aromatic carbocycles. The second-order valence-corrected chi connectivity index (χ2v) is 6.94. The van der Waals surface area contributed by atoms with Crippen LogP contribution in [-0.4, -0.2) is 60.4 Å². The van der Waals surface area contributed by atoms with Crippen molar-refractivity contribution < 1.29 is 9.84 Å². The molecular formula is C16H23N3O2S. The summed E-state index contributed by atoms with van der Waals surface area (Å²) < 4.78 is 6.94. The fourth-order valence-corrected chi connectivity index (χ4v) is 3.52. The third kappa shape index (κ3) is 4.16. The van der Waals surface area contributed by atoms with E-state index in [4.69, 9.17) is 4.74 Å². The molecule has 0 bridgehead atoms. The Hall–Kier alpha value is -1.21. The van der Waals surface area contributed by atoms with Gasteiger partial charge in [0.25, 0.3) is 0 Å². The number of aliphatic hydroxyl groups is 1. The summed E-state index contributed by atoms with van der Waals surface area (Å²) in [5, 5.41) is 14.5. The van der Waals surface area contributed by atoms with E-state index in [-0.39, 0.29) is 6.10 Å². The summed E-state index contributed by atoms with van der Waals surface area (Å²) >= 11 is 1.69. The minimum Gasteiger partial charge on any atom is -0.493 e. The average molecular weight is 321 g/mol. The number of ether oxygens (including phenoxy) is 1. The summed E-state index contributed by atoms with van der Waals surface area (Å²) in [7, 11) is 0. The minimum atomic E-state index is -0.330. The van der Waals surface area contributed by atoms with Gasteiger partial charge in [-0.2, -0.15) is 0 Å². The molecule has 0 amide bonds. The normalized spacial score (nSPS) is 17.7. The number of fused-ring (bicyclic) bond motifs is 1. The van der Waals surface area contributed by atoms with Gasteiger partial charge in [0.05, 0.1) is 27.9 Å². The quantitative estimate of drug-likeness (QED) is 0.847. The minimum absolute atomic E-state index is 0.330. The van der Waals surface area contributed by atoms with E-state index < -0.39 is 0 Å². The van der Waals surface area contributed by atoms with E-state index in [1.165, 1.54) is 4.70 Å². The smallest absolute Gasteiger partial charge is 0.121 e. The number of nitrogens with zero attached hydrogens (tertiary/aromatic N) is 2. The van der Waals surface area contributed by atoms with Gasteiger partial charge in [0.1, 0.15) is 5.75 Å². The van der Waals surface area contributed by atoms with Gasteiger partial charge in [0.2, 0.25) is 0 Å². The number of β-amino-alcohol motifs (C(OH)–C–C–N with tert-alkyl or cyclic N) is 1. The molecule has 3 rings (SSSR count). The lowest BCUT2D eigenvalue weighted by Gasteiger charge is -2.29. The largest absolute Gasteiger partial charge is 0.493 e. The molecule has 22 heavy (non-hydrogen) atoms. The number of rotatable bonds is 6. The van der Waals surface area contributed by atoms with E-state index in [0.717, 1.165) is 49.0 Å². The van der Waals surface area contributed by atoms with Crippen molar-refractivity contribution in [2.45, 2.75) is 19.4 Å². The molecule has 1 aromatic heterocycles. The van der Waals surface area contributed by atoms with Crippen molar-refractivity contribution in [3.63, 3.8) is 0 Å². The number of thiazole rings is 1. The average Bonchev–Trinajstić information content (AvgIpc) is 2.87. The first kappa shape index (κ1) is 15.7. The first-order chi connectivity index (χ1) is 10.7. The van der Waals surface area contributed by atoms with Crippen molar-refractivity contribution >= 4 is 21.6 Å². The Morgan fingerprint density at radius 2 is 2.23 bits per heavy atom. The highest BCUT2D eigenvalue weighted by Crippen LogP contribution is 2.25. The van der Waals surface area contributed by atoms with Crippen LogP contribution in [0.4, 0.5) is 0 Å². The van der Waals surface area contributed by atoms with Crippen LogP contribution in [0.15, 0.2) is 18.2 Å². The van der Waals surface area contributed by atoms with E-state index in [1.54, 1.807) is 11.3 Å². The molecule has 0 aliphatic carbocycles. The van der Waals surface area contributed by atoms with E-state index in [2.05, 4.69) is 15.2 Å². The van der Waals surface area contributed by atoms with E-state index in [9.17, 15) is 5.11 Å². The molecule has 5 nitrogen and oxygen atoms in total.